The predicted molar refractivity (Wildman–Crippen MR) is 89.8 cm³/mol. The number of ether oxygens (including phenoxy) is 2. The summed E-state index contributed by atoms with van der Waals surface area (Å²) >= 11 is 11.9. The Labute approximate surface area is 147 Å². The molecule has 1 aromatic heterocycles. The van der Waals surface area contributed by atoms with E-state index in [0.717, 1.165) is 0 Å². The second-order valence-corrected chi connectivity index (χ2v) is 5.65. The van der Waals surface area contributed by atoms with Crippen LogP contribution in [0, 0.1) is 6.92 Å². The van der Waals surface area contributed by atoms with E-state index in [1.807, 2.05) is 0 Å². The first-order valence-electron chi connectivity index (χ1n) is 6.91. The Morgan fingerprint density at radius 3 is 2.46 bits per heavy atom. The van der Waals surface area contributed by atoms with Crippen LogP contribution in [0.15, 0.2) is 53.1 Å². The van der Waals surface area contributed by atoms with Gasteiger partial charge in [-0.3, -0.25) is 0 Å². The van der Waals surface area contributed by atoms with Crippen LogP contribution in [0.1, 0.15) is 5.76 Å². The number of aromatic nitrogens is 1. The van der Waals surface area contributed by atoms with Crippen molar-refractivity contribution >= 4 is 29.4 Å². The minimum atomic E-state index is -0.920. The van der Waals surface area contributed by atoms with Crippen molar-refractivity contribution in [3.8, 4) is 22.8 Å². The van der Waals surface area contributed by atoms with Crippen LogP contribution in [0.25, 0.3) is 11.3 Å². The number of hydrogen-bond acceptors (Lipinski definition) is 5. The molecule has 0 unspecified atom stereocenters. The molecule has 1 heterocycles. The first kappa shape index (κ1) is 16.4. The minimum absolute atomic E-state index is 0.155. The van der Waals surface area contributed by atoms with E-state index in [0.29, 0.717) is 32.8 Å². The van der Waals surface area contributed by atoms with Crippen molar-refractivity contribution in [3.05, 3.63) is 64.3 Å². The van der Waals surface area contributed by atoms with Crippen LogP contribution >= 0.6 is 23.2 Å². The maximum atomic E-state index is 12.0. The van der Waals surface area contributed by atoms with Gasteiger partial charge in [0.15, 0.2) is 11.5 Å². The van der Waals surface area contributed by atoms with Gasteiger partial charge in [0.05, 0.1) is 5.02 Å². The lowest BCUT2D eigenvalue weighted by atomic mass is 10.1. The van der Waals surface area contributed by atoms with E-state index >= 15 is 0 Å². The second-order valence-electron chi connectivity index (χ2n) is 4.80. The summed E-state index contributed by atoms with van der Waals surface area (Å²) in [6.45, 7) is 1.62. The van der Waals surface area contributed by atoms with Crippen molar-refractivity contribution in [3.63, 3.8) is 0 Å². The molecule has 3 aromatic rings. The fourth-order valence-corrected chi connectivity index (χ4v) is 2.36. The minimum Gasteiger partial charge on any atom is -0.395 e. The molecule has 0 N–H and O–H groups in total. The lowest BCUT2D eigenvalue weighted by Crippen LogP contribution is -2.14. The molecular weight excluding hydrogens is 353 g/mol. The van der Waals surface area contributed by atoms with Crippen molar-refractivity contribution in [1.82, 2.24) is 5.16 Å². The van der Waals surface area contributed by atoms with E-state index in [-0.39, 0.29) is 5.75 Å². The molecule has 3 rings (SSSR count). The molecule has 0 aliphatic heterocycles. The molecule has 0 radical (unpaired) electrons. The topological polar surface area (TPSA) is 61.6 Å². The highest BCUT2D eigenvalue weighted by Crippen LogP contribution is 2.36. The number of benzene rings is 2. The zero-order valence-electron chi connectivity index (χ0n) is 12.5. The van der Waals surface area contributed by atoms with Gasteiger partial charge in [-0.1, -0.05) is 46.6 Å². The van der Waals surface area contributed by atoms with Crippen LogP contribution in [0.2, 0.25) is 10.0 Å². The summed E-state index contributed by atoms with van der Waals surface area (Å²) in [4.78, 5) is 12.0. The van der Waals surface area contributed by atoms with E-state index in [2.05, 4.69) is 5.16 Å². The van der Waals surface area contributed by atoms with Gasteiger partial charge in [-0.25, -0.2) is 4.79 Å². The Bertz CT molecular complexity index is 875. The summed E-state index contributed by atoms with van der Waals surface area (Å²) in [5, 5.41) is 4.90. The van der Waals surface area contributed by atoms with E-state index in [1.165, 1.54) is 0 Å². The molecule has 0 fully saturated rings. The highest BCUT2D eigenvalue weighted by atomic mass is 35.5. The van der Waals surface area contributed by atoms with E-state index < -0.39 is 6.16 Å². The molecule has 0 bridgehead atoms. The molecule has 0 aliphatic carbocycles. The summed E-state index contributed by atoms with van der Waals surface area (Å²) in [6, 6.07) is 13.3. The van der Waals surface area contributed by atoms with E-state index in [4.69, 9.17) is 37.2 Å². The van der Waals surface area contributed by atoms with Crippen LogP contribution in [0.3, 0.4) is 0 Å². The molecule has 0 saturated carbocycles. The Morgan fingerprint density at radius 2 is 1.75 bits per heavy atom. The molecule has 2 aromatic carbocycles. The molecule has 0 saturated heterocycles. The van der Waals surface area contributed by atoms with Gasteiger partial charge in [0.25, 0.3) is 0 Å². The molecule has 0 spiro atoms. The van der Waals surface area contributed by atoms with Crippen LogP contribution in [-0.2, 0) is 0 Å². The number of aryl methyl sites for hydroxylation is 1. The van der Waals surface area contributed by atoms with Crippen molar-refractivity contribution in [1.29, 1.82) is 0 Å². The molecule has 122 valence electrons. The summed E-state index contributed by atoms with van der Waals surface area (Å²) in [7, 11) is 0. The van der Waals surface area contributed by atoms with E-state index in [1.54, 1.807) is 55.5 Å². The second kappa shape index (κ2) is 6.95. The number of halogens is 2. The van der Waals surface area contributed by atoms with Gasteiger partial charge in [0.2, 0.25) is 5.75 Å². The monoisotopic (exact) mass is 363 g/mol. The van der Waals surface area contributed by atoms with Crippen LogP contribution in [0.4, 0.5) is 4.79 Å². The molecule has 7 heteroatoms. The maximum absolute atomic E-state index is 12.0. The lowest BCUT2D eigenvalue weighted by Gasteiger charge is -2.06. The fraction of sp³-hybridized carbons (Fsp3) is 0.0588. The zero-order valence-corrected chi connectivity index (χ0v) is 14.0. The number of rotatable bonds is 3. The number of carbonyl (C=O) groups is 1. The summed E-state index contributed by atoms with van der Waals surface area (Å²) in [5.74, 6) is 0.790. The maximum Gasteiger partial charge on any atom is 0.519 e. The molecule has 0 aliphatic rings. The average molecular weight is 364 g/mol. The van der Waals surface area contributed by atoms with Gasteiger partial charge in [0.1, 0.15) is 5.75 Å². The third-order valence-corrected chi connectivity index (χ3v) is 3.72. The average Bonchev–Trinajstić information content (AvgIpc) is 2.91. The van der Waals surface area contributed by atoms with Crippen molar-refractivity contribution in [2.24, 2.45) is 0 Å². The van der Waals surface area contributed by atoms with Crippen molar-refractivity contribution in [2.75, 3.05) is 0 Å². The SMILES string of the molecule is Cc1onc(-c2ccccc2Cl)c1OC(=O)Oc1ccc(Cl)cc1. The van der Waals surface area contributed by atoms with Gasteiger partial charge in [0, 0.05) is 17.5 Å². The smallest absolute Gasteiger partial charge is 0.395 e. The standard InChI is InChI=1S/C17H11Cl2NO4/c1-10-16(15(20-24-10)13-4-2-3-5-14(13)19)23-17(21)22-12-8-6-11(18)7-9-12/h2-9H,1H3. The summed E-state index contributed by atoms with van der Waals surface area (Å²) in [5.41, 5.74) is 0.913. The number of nitrogens with zero attached hydrogens (tertiary/aromatic N) is 1. The fourth-order valence-electron chi connectivity index (χ4n) is 2.01. The normalized spacial score (nSPS) is 10.5. The first-order valence-corrected chi connectivity index (χ1v) is 7.66. The number of hydrogen-bond donors (Lipinski definition) is 0. The zero-order chi connectivity index (χ0) is 17.1. The third kappa shape index (κ3) is 3.53. The van der Waals surface area contributed by atoms with E-state index in [9.17, 15) is 4.79 Å². The highest BCUT2D eigenvalue weighted by Gasteiger charge is 2.22. The third-order valence-electron chi connectivity index (χ3n) is 3.14. The van der Waals surface area contributed by atoms with Crippen LogP contribution < -0.4 is 9.47 Å². The largest absolute Gasteiger partial charge is 0.519 e. The van der Waals surface area contributed by atoms with Gasteiger partial charge in [-0.05, 0) is 30.3 Å². The van der Waals surface area contributed by atoms with Gasteiger partial charge >= 0.3 is 6.16 Å². The Hall–Kier alpha value is -2.50. The summed E-state index contributed by atoms with van der Waals surface area (Å²) < 4.78 is 15.5. The molecular formula is C17H11Cl2NO4. The van der Waals surface area contributed by atoms with Crippen LogP contribution in [0.5, 0.6) is 11.5 Å². The van der Waals surface area contributed by atoms with Gasteiger partial charge in [-0.2, -0.15) is 0 Å². The Morgan fingerprint density at radius 1 is 1.04 bits per heavy atom. The highest BCUT2D eigenvalue weighted by molar-refractivity contribution is 6.33. The van der Waals surface area contributed by atoms with Gasteiger partial charge < -0.3 is 14.0 Å². The molecule has 0 amide bonds. The Balaban J connectivity index is 1.83. The van der Waals surface area contributed by atoms with Crippen molar-refractivity contribution < 1.29 is 18.8 Å². The molecule has 5 nitrogen and oxygen atoms in total. The summed E-state index contributed by atoms with van der Waals surface area (Å²) in [6.07, 6.45) is -0.920. The first-order chi connectivity index (χ1) is 11.5. The quantitative estimate of drug-likeness (QED) is 0.451. The molecule has 0 atom stereocenters. The number of carbonyl (C=O) groups excluding carboxylic acids is 1. The molecule has 24 heavy (non-hydrogen) atoms. The van der Waals surface area contributed by atoms with Crippen molar-refractivity contribution in [2.45, 2.75) is 6.92 Å². The lowest BCUT2D eigenvalue weighted by molar-refractivity contribution is 0.151. The Kier molecular flexibility index (Phi) is 4.74. The van der Waals surface area contributed by atoms with Gasteiger partial charge in [-0.15, -0.1) is 0 Å². The van der Waals surface area contributed by atoms with Crippen LogP contribution in [-0.4, -0.2) is 11.3 Å². The predicted octanol–water partition coefficient (Wildman–Crippen LogP) is 5.53.